The topological polar surface area (TPSA) is 109 Å². The fraction of sp³-hybridized carbons (Fsp3) is 0.409. The number of phenolic OH excluding ortho intramolecular Hbond substituents is 1. The normalized spacial score (nSPS) is 22.9. The molecule has 0 unspecified atom stereocenters. The van der Waals surface area contributed by atoms with E-state index in [1.807, 2.05) is 30.7 Å². The molecule has 1 aliphatic heterocycles. The highest BCUT2D eigenvalue weighted by molar-refractivity contribution is 5.86. The maximum Gasteiger partial charge on any atom is 0.417 e. The number of aromatic nitrogens is 4. The maximum absolute atomic E-state index is 15.4. The zero-order valence-corrected chi connectivity index (χ0v) is 17.7. The van der Waals surface area contributed by atoms with Crippen LogP contribution >= 0.6 is 0 Å². The monoisotopic (exact) mass is 425 g/mol. The van der Waals surface area contributed by atoms with Gasteiger partial charge in [-0.3, -0.25) is 4.98 Å². The number of phenols is 1. The van der Waals surface area contributed by atoms with Crippen molar-refractivity contribution in [2.45, 2.75) is 57.4 Å². The number of halogens is 1. The summed E-state index contributed by atoms with van der Waals surface area (Å²) in [5.74, 6) is -0.651. The van der Waals surface area contributed by atoms with E-state index < -0.39 is 17.5 Å². The lowest BCUT2D eigenvalue weighted by atomic mass is 9.78. The van der Waals surface area contributed by atoms with Gasteiger partial charge in [-0.15, -0.1) is 10.2 Å². The molecule has 5 rings (SSSR count). The summed E-state index contributed by atoms with van der Waals surface area (Å²) in [4.78, 5) is 13.9. The van der Waals surface area contributed by atoms with Crippen LogP contribution in [0.4, 0.5) is 4.39 Å². The number of aromatic hydroxyl groups is 1. The molecule has 0 aliphatic carbocycles. The number of nitrogens with zero attached hydrogens (tertiary/aromatic N) is 3. The first-order valence-electron chi connectivity index (χ1n) is 10.2. The number of hydrogen-bond donors (Lipinski definition) is 3. The molecule has 0 bridgehead atoms. The Labute approximate surface area is 177 Å². The highest BCUT2D eigenvalue weighted by Crippen LogP contribution is 2.40. The second-order valence-corrected chi connectivity index (χ2v) is 9.52. The first-order valence-corrected chi connectivity index (χ1v) is 10.2. The van der Waals surface area contributed by atoms with Gasteiger partial charge in [0.1, 0.15) is 11.9 Å². The largest absolute Gasteiger partial charge is 0.507 e. The van der Waals surface area contributed by atoms with Gasteiger partial charge in [0.05, 0.1) is 17.3 Å². The lowest BCUT2D eigenvalue weighted by Gasteiger charge is -2.49. The molecule has 0 amide bonds. The Morgan fingerprint density at radius 3 is 2.77 bits per heavy atom. The van der Waals surface area contributed by atoms with Crippen molar-refractivity contribution in [3.8, 4) is 17.0 Å². The van der Waals surface area contributed by atoms with Crippen molar-refractivity contribution in [3.05, 3.63) is 41.0 Å². The van der Waals surface area contributed by atoms with E-state index in [1.165, 1.54) is 6.07 Å². The first kappa shape index (κ1) is 19.7. The molecule has 162 valence electrons. The number of oxazole rings is 1. The van der Waals surface area contributed by atoms with E-state index in [0.717, 1.165) is 5.39 Å². The number of fused-ring (bicyclic) bond motifs is 2. The van der Waals surface area contributed by atoms with Crippen molar-refractivity contribution in [1.29, 1.82) is 0 Å². The molecule has 4 aromatic rings. The minimum absolute atomic E-state index is 0.0525. The number of benzene rings is 1. The van der Waals surface area contributed by atoms with Crippen LogP contribution in [-0.2, 0) is 0 Å². The van der Waals surface area contributed by atoms with Gasteiger partial charge in [0, 0.05) is 34.3 Å². The number of aromatic amines is 1. The SMILES string of the molecule is CC1(C)C[C@H](n2ccc3cc(-c4cc5oc(=O)[nH]c5cc4O)nnc32)[C@H](F)C(C)(C)N1. The summed E-state index contributed by atoms with van der Waals surface area (Å²) in [6.07, 6.45) is 1.33. The molecule has 0 saturated carbocycles. The standard InChI is InChI=1S/C22H24FN5O3/c1-21(2)10-15(18(23)22(3,4)27-21)28-6-5-11-7-13(25-26-19(11)28)12-8-17-14(9-16(12)29)24-20(30)31-17/h5-9,15,18,27,29H,10H2,1-4H3,(H,24,30)/t15-,18-/m0/s1. The summed E-state index contributed by atoms with van der Waals surface area (Å²) < 4.78 is 22.3. The number of rotatable bonds is 2. The molecule has 4 heterocycles. The van der Waals surface area contributed by atoms with E-state index in [-0.39, 0.29) is 17.3 Å². The van der Waals surface area contributed by atoms with Gasteiger partial charge in [0.2, 0.25) is 0 Å². The zero-order valence-electron chi connectivity index (χ0n) is 17.7. The van der Waals surface area contributed by atoms with Crippen LogP contribution in [0.2, 0.25) is 0 Å². The van der Waals surface area contributed by atoms with E-state index in [2.05, 4.69) is 34.3 Å². The summed E-state index contributed by atoms with van der Waals surface area (Å²) in [6.45, 7) is 7.89. The molecule has 1 aliphatic rings. The number of hydrogen-bond acceptors (Lipinski definition) is 6. The number of nitrogens with one attached hydrogen (secondary N) is 2. The molecule has 2 atom stereocenters. The highest BCUT2D eigenvalue weighted by atomic mass is 19.1. The average Bonchev–Trinajstić information content (AvgIpc) is 3.24. The van der Waals surface area contributed by atoms with Gasteiger partial charge in [0.25, 0.3) is 0 Å². The molecule has 1 fully saturated rings. The van der Waals surface area contributed by atoms with Crippen molar-refractivity contribution in [1.82, 2.24) is 25.1 Å². The summed E-state index contributed by atoms with van der Waals surface area (Å²) in [5, 5.41) is 23.2. The zero-order chi connectivity index (χ0) is 22.1. The van der Waals surface area contributed by atoms with Gasteiger partial charge in [-0.05, 0) is 52.3 Å². The van der Waals surface area contributed by atoms with Crippen molar-refractivity contribution in [2.24, 2.45) is 0 Å². The Morgan fingerprint density at radius 2 is 2.00 bits per heavy atom. The van der Waals surface area contributed by atoms with E-state index in [1.54, 1.807) is 12.1 Å². The fourth-order valence-corrected chi connectivity index (χ4v) is 4.88. The molecule has 9 heteroatoms. The van der Waals surface area contributed by atoms with Crippen LogP contribution in [0.15, 0.2) is 39.7 Å². The van der Waals surface area contributed by atoms with Crippen molar-refractivity contribution >= 4 is 22.1 Å². The van der Waals surface area contributed by atoms with Crippen LogP contribution < -0.4 is 11.1 Å². The second-order valence-electron chi connectivity index (χ2n) is 9.52. The maximum atomic E-state index is 15.4. The van der Waals surface area contributed by atoms with Gasteiger partial charge in [-0.2, -0.15) is 0 Å². The van der Waals surface area contributed by atoms with E-state index in [9.17, 15) is 9.90 Å². The van der Waals surface area contributed by atoms with Crippen molar-refractivity contribution < 1.29 is 13.9 Å². The molecule has 8 nitrogen and oxygen atoms in total. The summed E-state index contributed by atoms with van der Waals surface area (Å²) >= 11 is 0. The van der Waals surface area contributed by atoms with Crippen molar-refractivity contribution in [2.75, 3.05) is 0 Å². The third-order valence-corrected chi connectivity index (χ3v) is 6.04. The molecule has 1 saturated heterocycles. The molecule has 3 N–H and O–H groups in total. The third kappa shape index (κ3) is 3.20. The summed E-state index contributed by atoms with van der Waals surface area (Å²) in [7, 11) is 0. The Bertz CT molecular complexity index is 1370. The average molecular weight is 425 g/mol. The van der Waals surface area contributed by atoms with Crippen LogP contribution in [-0.4, -0.2) is 42.1 Å². The Hall–Kier alpha value is -3.20. The van der Waals surface area contributed by atoms with Crippen LogP contribution in [0.5, 0.6) is 5.75 Å². The predicted molar refractivity (Wildman–Crippen MR) is 115 cm³/mol. The quantitative estimate of drug-likeness (QED) is 0.452. The Kier molecular flexibility index (Phi) is 4.08. The van der Waals surface area contributed by atoms with Gasteiger partial charge < -0.3 is 19.4 Å². The number of alkyl halides is 1. The van der Waals surface area contributed by atoms with Gasteiger partial charge in [-0.1, -0.05) is 0 Å². The lowest BCUT2D eigenvalue weighted by Crippen LogP contribution is -2.64. The highest BCUT2D eigenvalue weighted by Gasteiger charge is 2.47. The molecule has 1 aromatic carbocycles. The van der Waals surface area contributed by atoms with Gasteiger partial charge in [-0.25, -0.2) is 9.18 Å². The van der Waals surface area contributed by atoms with Crippen molar-refractivity contribution in [3.63, 3.8) is 0 Å². The second kappa shape index (κ2) is 6.40. The molecule has 0 radical (unpaired) electrons. The van der Waals surface area contributed by atoms with E-state index in [0.29, 0.717) is 34.4 Å². The lowest BCUT2D eigenvalue weighted by molar-refractivity contribution is 0.0313. The van der Waals surface area contributed by atoms with Gasteiger partial charge in [0.15, 0.2) is 11.2 Å². The summed E-state index contributed by atoms with van der Waals surface area (Å²) in [5.41, 5.74) is 1.20. The smallest absolute Gasteiger partial charge is 0.417 e. The van der Waals surface area contributed by atoms with E-state index in [4.69, 9.17) is 4.42 Å². The first-order chi connectivity index (χ1) is 14.5. The third-order valence-electron chi connectivity index (χ3n) is 6.04. The fourth-order valence-electron chi connectivity index (χ4n) is 4.88. The molecular weight excluding hydrogens is 401 g/mol. The predicted octanol–water partition coefficient (Wildman–Crippen LogP) is 3.67. The van der Waals surface area contributed by atoms with Crippen LogP contribution in [0, 0.1) is 0 Å². The van der Waals surface area contributed by atoms with Crippen LogP contribution in [0.3, 0.4) is 0 Å². The molecule has 31 heavy (non-hydrogen) atoms. The molecular formula is C22H24FN5O3. The van der Waals surface area contributed by atoms with E-state index >= 15 is 4.39 Å². The number of H-pyrrole nitrogens is 1. The molecule has 0 spiro atoms. The van der Waals surface area contributed by atoms with Gasteiger partial charge >= 0.3 is 5.76 Å². The minimum atomic E-state index is -1.11. The molecule has 3 aromatic heterocycles. The van der Waals surface area contributed by atoms with Crippen LogP contribution in [0.25, 0.3) is 33.4 Å². The summed E-state index contributed by atoms with van der Waals surface area (Å²) in [6, 6.07) is 6.23. The van der Waals surface area contributed by atoms with Crippen LogP contribution in [0.1, 0.15) is 40.2 Å². The minimum Gasteiger partial charge on any atom is -0.507 e. The Balaban J connectivity index is 1.58. The number of piperidine rings is 1. The Morgan fingerprint density at radius 1 is 1.23 bits per heavy atom.